The topological polar surface area (TPSA) is 67.2 Å². The Labute approximate surface area is 97.5 Å². The molecular formula is C11H19NO3S. The summed E-state index contributed by atoms with van der Waals surface area (Å²) in [6, 6.07) is 2.16. The van der Waals surface area contributed by atoms with Gasteiger partial charge in [-0.25, -0.2) is 8.42 Å². The van der Waals surface area contributed by atoms with Gasteiger partial charge in [-0.1, -0.05) is 19.3 Å². The minimum absolute atomic E-state index is 0.0341. The van der Waals surface area contributed by atoms with Crippen LogP contribution in [-0.4, -0.2) is 33.1 Å². The second-order valence-electron chi connectivity index (χ2n) is 4.27. The normalized spacial score (nSPS) is 27.0. The lowest BCUT2D eigenvalue weighted by atomic mass is 10.0. The van der Waals surface area contributed by atoms with Crippen LogP contribution in [0.5, 0.6) is 0 Å². The Morgan fingerprint density at radius 1 is 1.31 bits per heavy atom. The molecular weight excluding hydrogens is 226 g/mol. The van der Waals surface area contributed by atoms with Crippen LogP contribution in [0.2, 0.25) is 0 Å². The second kappa shape index (κ2) is 6.21. The van der Waals surface area contributed by atoms with Crippen LogP contribution >= 0.6 is 0 Å². The lowest BCUT2D eigenvalue weighted by Crippen LogP contribution is -2.31. The van der Waals surface area contributed by atoms with Crippen molar-refractivity contribution in [2.75, 3.05) is 19.5 Å². The molecule has 92 valence electrons. The van der Waals surface area contributed by atoms with E-state index in [0.29, 0.717) is 12.8 Å². The molecule has 0 aromatic heterocycles. The summed E-state index contributed by atoms with van der Waals surface area (Å²) in [4.78, 5) is 0. The van der Waals surface area contributed by atoms with E-state index in [-0.39, 0.29) is 18.3 Å². The zero-order valence-corrected chi connectivity index (χ0v) is 10.5. The van der Waals surface area contributed by atoms with E-state index in [1.54, 1.807) is 0 Å². The molecule has 16 heavy (non-hydrogen) atoms. The Balaban J connectivity index is 2.77. The van der Waals surface area contributed by atoms with Gasteiger partial charge >= 0.3 is 0 Å². The van der Waals surface area contributed by atoms with Crippen LogP contribution in [0.3, 0.4) is 0 Å². The first-order chi connectivity index (χ1) is 7.61. The van der Waals surface area contributed by atoms with Crippen LogP contribution < -0.4 is 0 Å². The van der Waals surface area contributed by atoms with Gasteiger partial charge in [-0.3, -0.25) is 0 Å². The van der Waals surface area contributed by atoms with E-state index in [4.69, 9.17) is 10.00 Å². The van der Waals surface area contributed by atoms with Gasteiger partial charge in [0.2, 0.25) is 0 Å². The van der Waals surface area contributed by atoms with Crippen LogP contribution in [0.25, 0.3) is 0 Å². The van der Waals surface area contributed by atoms with Crippen molar-refractivity contribution < 1.29 is 13.2 Å². The molecule has 2 atom stereocenters. The lowest BCUT2D eigenvalue weighted by molar-refractivity contribution is 0.216. The second-order valence-corrected chi connectivity index (χ2v) is 6.61. The van der Waals surface area contributed by atoms with E-state index in [9.17, 15) is 8.42 Å². The quantitative estimate of drug-likeness (QED) is 0.704. The summed E-state index contributed by atoms with van der Waals surface area (Å²) in [6.07, 6.45) is 4.26. The van der Waals surface area contributed by atoms with Crippen molar-refractivity contribution in [2.24, 2.45) is 5.92 Å². The maximum Gasteiger partial charge on any atom is 0.156 e. The highest BCUT2D eigenvalue weighted by Crippen LogP contribution is 2.28. The minimum Gasteiger partial charge on any atom is -0.384 e. The van der Waals surface area contributed by atoms with Gasteiger partial charge in [0.1, 0.15) is 0 Å². The zero-order chi connectivity index (χ0) is 12.0. The van der Waals surface area contributed by atoms with Crippen LogP contribution in [0.15, 0.2) is 0 Å². The standard InChI is InChI=1S/C11H19NO3S/c1-15-7-8-16(13,14)11-6-4-2-3-5-10(11)9-12/h10-11H,2-8H2,1H3. The Kier molecular flexibility index (Phi) is 5.23. The Bertz CT molecular complexity index is 345. The molecule has 1 rings (SSSR count). The van der Waals surface area contributed by atoms with Crippen molar-refractivity contribution in [1.29, 1.82) is 5.26 Å². The molecule has 1 fully saturated rings. The lowest BCUT2D eigenvalue weighted by Gasteiger charge is -2.19. The van der Waals surface area contributed by atoms with Gasteiger partial charge in [-0.2, -0.15) is 5.26 Å². The van der Waals surface area contributed by atoms with Crippen molar-refractivity contribution >= 4 is 9.84 Å². The Hall–Kier alpha value is -0.600. The molecule has 1 aliphatic rings. The number of nitriles is 1. The fourth-order valence-corrected chi connectivity index (χ4v) is 4.13. The first kappa shape index (κ1) is 13.5. The predicted molar refractivity (Wildman–Crippen MR) is 61.6 cm³/mol. The molecule has 0 heterocycles. The van der Waals surface area contributed by atoms with Crippen molar-refractivity contribution in [3.63, 3.8) is 0 Å². The van der Waals surface area contributed by atoms with Crippen LogP contribution in [0.4, 0.5) is 0 Å². The fraction of sp³-hybridized carbons (Fsp3) is 0.909. The molecule has 0 N–H and O–H groups in total. The summed E-state index contributed by atoms with van der Waals surface area (Å²) in [5.74, 6) is -0.295. The molecule has 4 nitrogen and oxygen atoms in total. The number of hydrogen-bond donors (Lipinski definition) is 0. The number of rotatable bonds is 4. The van der Waals surface area contributed by atoms with Crippen LogP contribution in [0.1, 0.15) is 32.1 Å². The van der Waals surface area contributed by atoms with E-state index >= 15 is 0 Å². The van der Waals surface area contributed by atoms with E-state index in [2.05, 4.69) is 6.07 Å². The van der Waals surface area contributed by atoms with Gasteiger partial charge in [0.05, 0.1) is 29.6 Å². The minimum atomic E-state index is -3.18. The number of hydrogen-bond acceptors (Lipinski definition) is 4. The molecule has 2 unspecified atom stereocenters. The average molecular weight is 245 g/mol. The smallest absolute Gasteiger partial charge is 0.156 e. The fourth-order valence-electron chi connectivity index (χ4n) is 2.20. The zero-order valence-electron chi connectivity index (χ0n) is 9.68. The summed E-state index contributed by atoms with van der Waals surface area (Å²) >= 11 is 0. The molecule has 0 aromatic carbocycles. The Morgan fingerprint density at radius 2 is 2.00 bits per heavy atom. The predicted octanol–water partition coefficient (Wildman–Crippen LogP) is 1.52. The number of ether oxygens (including phenoxy) is 1. The first-order valence-electron chi connectivity index (χ1n) is 5.72. The van der Waals surface area contributed by atoms with E-state index in [1.165, 1.54) is 7.11 Å². The molecule has 0 radical (unpaired) electrons. The molecule has 0 amide bonds. The van der Waals surface area contributed by atoms with Crippen molar-refractivity contribution in [1.82, 2.24) is 0 Å². The molecule has 0 saturated heterocycles. The van der Waals surface area contributed by atoms with Crippen molar-refractivity contribution in [3.05, 3.63) is 0 Å². The van der Waals surface area contributed by atoms with E-state index in [1.807, 2.05) is 0 Å². The molecule has 5 heteroatoms. The van der Waals surface area contributed by atoms with Crippen LogP contribution in [0, 0.1) is 17.2 Å². The van der Waals surface area contributed by atoms with Crippen LogP contribution in [-0.2, 0) is 14.6 Å². The first-order valence-corrected chi connectivity index (χ1v) is 7.43. The largest absolute Gasteiger partial charge is 0.384 e. The maximum atomic E-state index is 12.0. The molecule has 0 aromatic rings. The molecule has 0 bridgehead atoms. The van der Waals surface area contributed by atoms with Gasteiger partial charge in [0.15, 0.2) is 9.84 Å². The van der Waals surface area contributed by atoms with Gasteiger partial charge in [-0.05, 0) is 12.8 Å². The summed E-state index contributed by atoms with van der Waals surface area (Å²) in [5, 5.41) is 8.55. The third-order valence-corrected chi connectivity index (χ3v) is 5.37. The van der Waals surface area contributed by atoms with Crippen molar-refractivity contribution in [2.45, 2.75) is 37.4 Å². The van der Waals surface area contributed by atoms with Gasteiger partial charge in [0.25, 0.3) is 0 Å². The third kappa shape index (κ3) is 3.46. The third-order valence-electron chi connectivity index (χ3n) is 3.15. The molecule has 0 aliphatic heterocycles. The van der Waals surface area contributed by atoms with Crippen molar-refractivity contribution in [3.8, 4) is 6.07 Å². The SMILES string of the molecule is COCCS(=O)(=O)C1CCCCCC1C#N. The van der Waals surface area contributed by atoms with Gasteiger partial charge < -0.3 is 4.74 Å². The maximum absolute atomic E-state index is 12.0. The molecule has 0 spiro atoms. The average Bonchev–Trinajstić information content (AvgIpc) is 2.51. The highest BCUT2D eigenvalue weighted by atomic mass is 32.2. The van der Waals surface area contributed by atoms with Gasteiger partial charge in [-0.15, -0.1) is 0 Å². The van der Waals surface area contributed by atoms with Gasteiger partial charge in [0, 0.05) is 7.11 Å². The molecule has 1 saturated carbocycles. The van der Waals surface area contributed by atoms with E-state index < -0.39 is 15.1 Å². The number of nitrogens with zero attached hydrogens (tertiary/aromatic N) is 1. The monoisotopic (exact) mass is 245 g/mol. The summed E-state index contributed by atoms with van der Waals surface area (Å²) in [6.45, 7) is 0.219. The summed E-state index contributed by atoms with van der Waals surface area (Å²) in [7, 11) is -1.69. The highest BCUT2D eigenvalue weighted by Gasteiger charge is 2.33. The highest BCUT2D eigenvalue weighted by molar-refractivity contribution is 7.92. The molecule has 1 aliphatic carbocycles. The summed E-state index contributed by atoms with van der Waals surface area (Å²) in [5.41, 5.74) is 0. The number of methoxy groups -OCH3 is 1. The van der Waals surface area contributed by atoms with E-state index in [0.717, 1.165) is 19.3 Å². The Morgan fingerprint density at radius 3 is 2.62 bits per heavy atom. The number of sulfone groups is 1. The summed E-state index contributed by atoms with van der Waals surface area (Å²) < 4.78 is 28.9.